The highest BCUT2D eigenvalue weighted by molar-refractivity contribution is 7.99. The van der Waals surface area contributed by atoms with Gasteiger partial charge in [-0.05, 0) is 25.8 Å². The molecule has 0 bridgehead atoms. The van der Waals surface area contributed by atoms with E-state index < -0.39 is 0 Å². The maximum absolute atomic E-state index is 4.36. The summed E-state index contributed by atoms with van der Waals surface area (Å²) < 4.78 is 1.97. The third-order valence-corrected chi connectivity index (χ3v) is 4.44. The number of thioether (sulfide) groups is 1. The van der Waals surface area contributed by atoms with Crippen LogP contribution in [0.1, 0.15) is 37.8 Å². The highest BCUT2D eigenvalue weighted by Gasteiger charge is 2.12. The lowest BCUT2D eigenvalue weighted by atomic mass is 9.96. The summed E-state index contributed by atoms with van der Waals surface area (Å²) in [5.41, 5.74) is 1.11. The standard InChI is InChI=1S/C13H23N3S/c1-11-10-13(16(2)15-11)17-9-8-14-12-6-4-3-5-7-12/h10,12,14H,3-9H2,1-2H3. The molecule has 1 aromatic rings. The van der Waals surface area contributed by atoms with Crippen LogP contribution in [0.5, 0.6) is 0 Å². The van der Waals surface area contributed by atoms with Crippen LogP contribution in [0, 0.1) is 6.92 Å². The molecule has 3 nitrogen and oxygen atoms in total. The predicted octanol–water partition coefficient (Wildman–Crippen LogP) is 2.74. The molecule has 0 amide bonds. The molecule has 0 spiro atoms. The van der Waals surface area contributed by atoms with Crippen molar-refractivity contribution in [2.24, 2.45) is 7.05 Å². The van der Waals surface area contributed by atoms with Crippen molar-refractivity contribution in [2.45, 2.75) is 50.1 Å². The van der Waals surface area contributed by atoms with Gasteiger partial charge in [-0.15, -0.1) is 11.8 Å². The van der Waals surface area contributed by atoms with Crippen LogP contribution < -0.4 is 5.32 Å². The summed E-state index contributed by atoms with van der Waals surface area (Å²) in [6.07, 6.45) is 6.99. The third kappa shape index (κ3) is 4.03. The average Bonchev–Trinajstić information content (AvgIpc) is 2.65. The van der Waals surface area contributed by atoms with Gasteiger partial charge in [0.25, 0.3) is 0 Å². The van der Waals surface area contributed by atoms with Gasteiger partial charge >= 0.3 is 0 Å². The SMILES string of the molecule is Cc1cc(SCCNC2CCCCC2)n(C)n1. The molecule has 1 aliphatic rings. The third-order valence-electron chi connectivity index (χ3n) is 3.35. The molecule has 1 aliphatic carbocycles. The number of hydrogen-bond donors (Lipinski definition) is 1. The first-order chi connectivity index (χ1) is 8.25. The Labute approximate surface area is 108 Å². The first-order valence-electron chi connectivity index (χ1n) is 6.62. The Balaban J connectivity index is 1.64. The average molecular weight is 253 g/mol. The van der Waals surface area contributed by atoms with Crippen LogP contribution >= 0.6 is 11.8 Å². The summed E-state index contributed by atoms with van der Waals surface area (Å²) in [6.45, 7) is 3.16. The number of rotatable bonds is 5. The number of nitrogens with one attached hydrogen (secondary N) is 1. The Bertz CT molecular complexity index is 342. The summed E-state index contributed by atoms with van der Waals surface area (Å²) in [5, 5.41) is 9.29. The van der Waals surface area contributed by atoms with Gasteiger partial charge < -0.3 is 5.32 Å². The molecule has 1 N–H and O–H groups in total. The minimum atomic E-state index is 0.776. The highest BCUT2D eigenvalue weighted by Crippen LogP contribution is 2.19. The zero-order chi connectivity index (χ0) is 12.1. The summed E-state index contributed by atoms with van der Waals surface area (Å²) in [4.78, 5) is 0. The number of aromatic nitrogens is 2. The fraction of sp³-hybridized carbons (Fsp3) is 0.769. The molecule has 1 aromatic heterocycles. The molecule has 96 valence electrons. The Morgan fingerprint density at radius 2 is 2.18 bits per heavy atom. The molecule has 0 aromatic carbocycles. The fourth-order valence-electron chi connectivity index (χ4n) is 2.45. The summed E-state index contributed by atoms with van der Waals surface area (Å²) >= 11 is 1.89. The van der Waals surface area contributed by atoms with Gasteiger partial charge in [-0.2, -0.15) is 5.10 Å². The second kappa shape index (κ2) is 6.45. The quantitative estimate of drug-likeness (QED) is 0.646. The van der Waals surface area contributed by atoms with Crippen molar-refractivity contribution in [3.63, 3.8) is 0 Å². The second-order valence-corrected chi connectivity index (χ2v) is 6.00. The fourth-order valence-corrected chi connectivity index (χ4v) is 3.36. The van der Waals surface area contributed by atoms with Gasteiger partial charge in [0, 0.05) is 25.4 Å². The molecule has 0 aliphatic heterocycles. The maximum atomic E-state index is 4.36. The van der Waals surface area contributed by atoms with E-state index in [9.17, 15) is 0 Å². The van der Waals surface area contributed by atoms with E-state index in [2.05, 4.69) is 16.5 Å². The molecular weight excluding hydrogens is 230 g/mol. The zero-order valence-corrected chi connectivity index (χ0v) is 11.7. The molecular formula is C13H23N3S. The summed E-state index contributed by atoms with van der Waals surface area (Å²) in [5.74, 6) is 1.13. The van der Waals surface area contributed by atoms with Crippen LogP contribution in [0.2, 0.25) is 0 Å². The van der Waals surface area contributed by atoms with Gasteiger partial charge in [0.2, 0.25) is 0 Å². The first kappa shape index (κ1) is 13.0. The van der Waals surface area contributed by atoms with E-state index in [1.807, 2.05) is 30.4 Å². The largest absolute Gasteiger partial charge is 0.313 e. The van der Waals surface area contributed by atoms with Gasteiger partial charge in [0.05, 0.1) is 10.7 Å². The van der Waals surface area contributed by atoms with E-state index in [0.29, 0.717) is 0 Å². The van der Waals surface area contributed by atoms with Crippen molar-refractivity contribution >= 4 is 11.8 Å². The molecule has 0 atom stereocenters. The van der Waals surface area contributed by atoms with Crippen LogP contribution in [-0.2, 0) is 7.05 Å². The Morgan fingerprint density at radius 1 is 1.41 bits per heavy atom. The van der Waals surface area contributed by atoms with Gasteiger partial charge in [0.15, 0.2) is 0 Å². The van der Waals surface area contributed by atoms with Crippen LogP contribution in [-0.4, -0.2) is 28.1 Å². The van der Waals surface area contributed by atoms with Gasteiger partial charge in [-0.1, -0.05) is 19.3 Å². The maximum Gasteiger partial charge on any atom is 0.0939 e. The summed E-state index contributed by atoms with van der Waals surface area (Å²) in [6, 6.07) is 2.93. The van der Waals surface area contributed by atoms with E-state index >= 15 is 0 Å². The van der Waals surface area contributed by atoms with E-state index in [-0.39, 0.29) is 0 Å². The first-order valence-corrected chi connectivity index (χ1v) is 7.61. The number of hydrogen-bond acceptors (Lipinski definition) is 3. The van der Waals surface area contributed by atoms with Crippen LogP contribution in [0.25, 0.3) is 0 Å². The normalized spacial score (nSPS) is 17.5. The topological polar surface area (TPSA) is 29.9 Å². The zero-order valence-electron chi connectivity index (χ0n) is 10.9. The van der Waals surface area contributed by atoms with Crippen molar-refractivity contribution < 1.29 is 0 Å². The molecule has 0 saturated heterocycles. The van der Waals surface area contributed by atoms with E-state index in [4.69, 9.17) is 0 Å². The molecule has 0 unspecified atom stereocenters. The van der Waals surface area contributed by atoms with Crippen molar-refractivity contribution in [3.8, 4) is 0 Å². The number of aryl methyl sites for hydroxylation is 2. The van der Waals surface area contributed by atoms with E-state index in [0.717, 1.165) is 24.0 Å². The predicted molar refractivity (Wildman–Crippen MR) is 73.5 cm³/mol. The minimum absolute atomic E-state index is 0.776. The van der Waals surface area contributed by atoms with Gasteiger partial charge in [-0.3, -0.25) is 4.68 Å². The van der Waals surface area contributed by atoms with Crippen LogP contribution in [0.3, 0.4) is 0 Å². The molecule has 1 heterocycles. The molecule has 17 heavy (non-hydrogen) atoms. The van der Waals surface area contributed by atoms with Crippen molar-refractivity contribution in [1.29, 1.82) is 0 Å². The second-order valence-electron chi connectivity index (χ2n) is 4.89. The monoisotopic (exact) mass is 253 g/mol. The Morgan fingerprint density at radius 3 is 2.82 bits per heavy atom. The van der Waals surface area contributed by atoms with Crippen molar-refractivity contribution in [2.75, 3.05) is 12.3 Å². The Kier molecular flexibility index (Phi) is 4.92. The van der Waals surface area contributed by atoms with Crippen molar-refractivity contribution in [3.05, 3.63) is 11.8 Å². The van der Waals surface area contributed by atoms with Gasteiger partial charge in [-0.25, -0.2) is 0 Å². The Hall–Kier alpha value is -0.480. The molecule has 4 heteroatoms. The van der Waals surface area contributed by atoms with E-state index in [1.165, 1.54) is 37.1 Å². The summed E-state index contributed by atoms with van der Waals surface area (Å²) in [7, 11) is 2.02. The van der Waals surface area contributed by atoms with Crippen molar-refractivity contribution in [1.82, 2.24) is 15.1 Å². The lowest BCUT2D eigenvalue weighted by Gasteiger charge is -2.22. The van der Waals surface area contributed by atoms with E-state index in [1.54, 1.807) is 0 Å². The number of nitrogens with zero attached hydrogens (tertiary/aromatic N) is 2. The lowest BCUT2D eigenvalue weighted by Crippen LogP contribution is -2.32. The van der Waals surface area contributed by atoms with Crippen LogP contribution in [0.15, 0.2) is 11.1 Å². The molecule has 1 saturated carbocycles. The van der Waals surface area contributed by atoms with Gasteiger partial charge in [0.1, 0.15) is 0 Å². The molecule has 1 fully saturated rings. The molecule has 0 radical (unpaired) electrons. The lowest BCUT2D eigenvalue weighted by molar-refractivity contribution is 0.381. The smallest absolute Gasteiger partial charge is 0.0939 e. The van der Waals surface area contributed by atoms with Crippen LogP contribution in [0.4, 0.5) is 0 Å². The molecule has 2 rings (SSSR count). The highest BCUT2D eigenvalue weighted by atomic mass is 32.2. The minimum Gasteiger partial charge on any atom is -0.313 e.